The molecule has 0 aromatic heterocycles. The zero-order valence-corrected chi connectivity index (χ0v) is 8.88. The fourth-order valence-corrected chi connectivity index (χ4v) is 1.70. The first kappa shape index (κ1) is 10.9. The summed E-state index contributed by atoms with van der Waals surface area (Å²) in [5, 5.41) is 18.1. The third kappa shape index (κ3) is 2.72. The molecule has 0 unspecified atom stereocenters. The van der Waals surface area contributed by atoms with Gasteiger partial charge in [0.15, 0.2) is 0 Å². The van der Waals surface area contributed by atoms with Gasteiger partial charge >= 0.3 is 7.12 Å². The molecule has 2 aromatic rings. The van der Waals surface area contributed by atoms with Gasteiger partial charge in [-0.05, 0) is 23.0 Å². The van der Waals surface area contributed by atoms with E-state index >= 15 is 0 Å². The van der Waals surface area contributed by atoms with Gasteiger partial charge in [0, 0.05) is 0 Å². The van der Waals surface area contributed by atoms with Crippen LogP contribution in [-0.2, 0) is 6.42 Å². The topological polar surface area (TPSA) is 40.5 Å². The Hall–Kier alpha value is -1.58. The number of benzene rings is 2. The number of hydrogen-bond acceptors (Lipinski definition) is 2. The number of rotatable bonds is 3. The highest BCUT2D eigenvalue weighted by Crippen LogP contribution is 2.07. The summed E-state index contributed by atoms with van der Waals surface area (Å²) in [5.74, 6) is 0. The van der Waals surface area contributed by atoms with Gasteiger partial charge in [-0.1, -0.05) is 54.6 Å². The SMILES string of the molecule is OB(O)c1cccc(Cc2ccccc2)c1. The first-order chi connectivity index (χ1) is 7.75. The van der Waals surface area contributed by atoms with Crippen LogP contribution in [0, 0.1) is 0 Å². The highest BCUT2D eigenvalue weighted by molar-refractivity contribution is 6.58. The van der Waals surface area contributed by atoms with E-state index in [4.69, 9.17) is 10.0 Å². The minimum Gasteiger partial charge on any atom is -0.423 e. The molecule has 0 bridgehead atoms. The Labute approximate surface area is 95.3 Å². The molecule has 80 valence electrons. The fraction of sp³-hybridized carbons (Fsp3) is 0.0769. The minimum absolute atomic E-state index is 0.536. The second-order valence-corrected chi connectivity index (χ2v) is 3.78. The van der Waals surface area contributed by atoms with E-state index in [0.29, 0.717) is 5.46 Å². The predicted octanol–water partition coefficient (Wildman–Crippen LogP) is 0.957. The molecule has 2 nitrogen and oxygen atoms in total. The van der Waals surface area contributed by atoms with E-state index in [0.717, 1.165) is 12.0 Å². The van der Waals surface area contributed by atoms with Crippen molar-refractivity contribution in [2.24, 2.45) is 0 Å². The van der Waals surface area contributed by atoms with Crippen molar-refractivity contribution in [1.29, 1.82) is 0 Å². The molecule has 16 heavy (non-hydrogen) atoms. The standard InChI is InChI=1S/C13H13BO2/c15-14(16)13-8-4-7-12(10-13)9-11-5-2-1-3-6-11/h1-8,10,15-16H,9H2. The highest BCUT2D eigenvalue weighted by atomic mass is 16.4. The smallest absolute Gasteiger partial charge is 0.423 e. The Kier molecular flexibility index (Phi) is 3.39. The second-order valence-electron chi connectivity index (χ2n) is 3.78. The van der Waals surface area contributed by atoms with Crippen molar-refractivity contribution < 1.29 is 10.0 Å². The second kappa shape index (κ2) is 4.97. The van der Waals surface area contributed by atoms with Crippen molar-refractivity contribution in [2.75, 3.05) is 0 Å². The van der Waals surface area contributed by atoms with Gasteiger partial charge < -0.3 is 10.0 Å². The van der Waals surface area contributed by atoms with Crippen LogP contribution in [0.2, 0.25) is 0 Å². The molecule has 2 rings (SSSR count). The molecule has 0 aliphatic heterocycles. The third-order valence-electron chi connectivity index (χ3n) is 2.50. The third-order valence-corrected chi connectivity index (χ3v) is 2.50. The summed E-state index contributed by atoms with van der Waals surface area (Å²) in [6.07, 6.45) is 0.807. The predicted molar refractivity (Wildman–Crippen MR) is 65.5 cm³/mol. The van der Waals surface area contributed by atoms with Crippen molar-refractivity contribution in [2.45, 2.75) is 6.42 Å². The summed E-state index contributed by atoms with van der Waals surface area (Å²) in [5.41, 5.74) is 2.83. The Balaban J connectivity index is 2.19. The molecule has 0 atom stereocenters. The van der Waals surface area contributed by atoms with E-state index in [-0.39, 0.29) is 0 Å². The summed E-state index contributed by atoms with van der Waals surface area (Å²) in [6, 6.07) is 17.4. The van der Waals surface area contributed by atoms with Crippen LogP contribution >= 0.6 is 0 Å². The van der Waals surface area contributed by atoms with Crippen LogP contribution in [0.5, 0.6) is 0 Å². The van der Waals surface area contributed by atoms with Crippen LogP contribution in [0.3, 0.4) is 0 Å². The summed E-state index contributed by atoms with van der Waals surface area (Å²) < 4.78 is 0. The summed E-state index contributed by atoms with van der Waals surface area (Å²) >= 11 is 0. The molecule has 0 heterocycles. The van der Waals surface area contributed by atoms with Crippen LogP contribution < -0.4 is 5.46 Å². The van der Waals surface area contributed by atoms with Crippen LogP contribution in [-0.4, -0.2) is 17.2 Å². The Morgan fingerprint density at radius 3 is 2.19 bits per heavy atom. The van der Waals surface area contributed by atoms with Crippen molar-refractivity contribution in [1.82, 2.24) is 0 Å². The van der Waals surface area contributed by atoms with Gasteiger partial charge in [0.1, 0.15) is 0 Å². The maximum Gasteiger partial charge on any atom is 0.488 e. The van der Waals surface area contributed by atoms with E-state index in [9.17, 15) is 0 Å². The lowest BCUT2D eigenvalue weighted by molar-refractivity contribution is 0.425. The summed E-state index contributed by atoms with van der Waals surface area (Å²) in [4.78, 5) is 0. The van der Waals surface area contributed by atoms with Crippen molar-refractivity contribution in [3.8, 4) is 0 Å². The molecule has 0 aliphatic rings. The molecule has 0 spiro atoms. The lowest BCUT2D eigenvalue weighted by atomic mass is 9.79. The van der Waals surface area contributed by atoms with Crippen LogP contribution in [0.1, 0.15) is 11.1 Å². The molecule has 0 radical (unpaired) electrons. The van der Waals surface area contributed by atoms with Gasteiger partial charge in [0.25, 0.3) is 0 Å². The van der Waals surface area contributed by atoms with Gasteiger partial charge in [0.2, 0.25) is 0 Å². The summed E-state index contributed by atoms with van der Waals surface area (Å²) in [6.45, 7) is 0. The molecule has 3 heteroatoms. The largest absolute Gasteiger partial charge is 0.488 e. The van der Waals surface area contributed by atoms with Crippen LogP contribution in [0.4, 0.5) is 0 Å². The van der Waals surface area contributed by atoms with Crippen molar-refractivity contribution in [3.63, 3.8) is 0 Å². The van der Waals surface area contributed by atoms with Crippen LogP contribution in [0.25, 0.3) is 0 Å². The Bertz CT molecular complexity index is 454. The van der Waals surface area contributed by atoms with E-state index < -0.39 is 7.12 Å². The average Bonchev–Trinajstić information content (AvgIpc) is 2.30. The van der Waals surface area contributed by atoms with Gasteiger partial charge in [0.05, 0.1) is 0 Å². The van der Waals surface area contributed by atoms with E-state index in [1.54, 1.807) is 6.07 Å². The quantitative estimate of drug-likeness (QED) is 0.744. The average molecular weight is 212 g/mol. The zero-order chi connectivity index (χ0) is 11.4. The minimum atomic E-state index is -1.39. The first-order valence-corrected chi connectivity index (χ1v) is 5.24. The van der Waals surface area contributed by atoms with Crippen molar-refractivity contribution in [3.05, 3.63) is 65.7 Å². The first-order valence-electron chi connectivity index (χ1n) is 5.24. The molecule has 0 aliphatic carbocycles. The fourth-order valence-electron chi connectivity index (χ4n) is 1.70. The van der Waals surface area contributed by atoms with Gasteiger partial charge in [-0.3, -0.25) is 0 Å². The highest BCUT2D eigenvalue weighted by Gasteiger charge is 2.10. The molecule has 2 aromatic carbocycles. The molecule has 0 saturated carbocycles. The van der Waals surface area contributed by atoms with E-state index in [1.165, 1.54) is 5.56 Å². The van der Waals surface area contributed by atoms with Crippen molar-refractivity contribution >= 4 is 12.6 Å². The molecule has 0 fully saturated rings. The maximum absolute atomic E-state index is 9.07. The molecule has 0 saturated heterocycles. The molecule has 2 N–H and O–H groups in total. The molecule has 0 amide bonds. The number of hydrogen-bond donors (Lipinski definition) is 2. The summed E-state index contributed by atoms with van der Waals surface area (Å²) in [7, 11) is -1.39. The Morgan fingerprint density at radius 1 is 0.812 bits per heavy atom. The van der Waals surface area contributed by atoms with E-state index in [1.807, 2.05) is 36.4 Å². The van der Waals surface area contributed by atoms with Gasteiger partial charge in [-0.2, -0.15) is 0 Å². The Morgan fingerprint density at radius 2 is 1.50 bits per heavy atom. The zero-order valence-electron chi connectivity index (χ0n) is 8.88. The van der Waals surface area contributed by atoms with Crippen LogP contribution in [0.15, 0.2) is 54.6 Å². The monoisotopic (exact) mass is 212 g/mol. The van der Waals surface area contributed by atoms with Gasteiger partial charge in [-0.25, -0.2) is 0 Å². The normalized spacial score (nSPS) is 10.1. The lowest BCUT2D eigenvalue weighted by Crippen LogP contribution is -2.29. The molecular formula is C13H13BO2. The maximum atomic E-state index is 9.07. The lowest BCUT2D eigenvalue weighted by Gasteiger charge is -2.04. The van der Waals surface area contributed by atoms with E-state index in [2.05, 4.69) is 12.1 Å². The molecular weight excluding hydrogens is 199 g/mol. The van der Waals surface area contributed by atoms with Gasteiger partial charge in [-0.15, -0.1) is 0 Å².